The van der Waals surface area contributed by atoms with Gasteiger partial charge in [0, 0.05) is 49.9 Å². The lowest BCUT2D eigenvalue weighted by Gasteiger charge is -2.27. The Labute approximate surface area is 201 Å². The van der Waals surface area contributed by atoms with E-state index in [0.717, 1.165) is 5.69 Å². The van der Waals surface area contributed by atoms with Gasteiger partial charge in [-0.25, -0.2) is 9.68 Å². The first-order valence-corrected chi connectivity index (χ1v) is 11.1. The summed E-state index contributed by atoms with van der Waals surface area (Å²) in [4.78, 5) is 53.7. The van der Waals surface area contributed by atoms with Crippen LogP contribution in [0.4, 0.5) is 5.69 Å². The van der Waals surface area contributed by atoms with Crippen LogP contribution in [0, 0.1) is 0 Å². The summed E-state index contributed by atoms with van der Waals surface area (Å²) in [5, 5.41) is 30.3. The quantitative estimate of drug-likeness (QED) is 0.121. The van der Waals surface area contributed by atoms with Gasteiger partial charge in [-0.15, -0.1) is 0 Å². The smallest absolute Gasteiger partial charge is 0.336 e. The minimum atomic E-state index is -1.19. The number of carbonyl (C=O) groups is 3. The van der Waals surface area contributed by atoms with Crippen molar-refractivity contribution in [1.82, 2.24) is 10.2 Å². The molecule has 1 aromatic carbocycles. The molecular weight excluding hydrogens is 462 g/mol. The Balaban J connectivity index is 1.90. The van der Waals surface area contributed by atoms with Gasteiger partial charge in [0.1, 0.15) is 5.58 Å². The topological polar surface area (TPSA) is 170 Å². The molecule has 0 aliphatic carbocycles. The van der Waals surface area contributed by atoms with E-state index in [1.54, 1.807) is 12.1 Å². The SMILES string of the molecule is CN(C)c1ccc2c(CC(=O)NCCCCC(COO)N(CC(=O)O)CC(=O)O)cc(=O)oc2c1. The highest BCUT2D eigenvalue weighted by Crippen LogP contribution is 2.23. The van der Waals surface area contributed by atoms with E-state index < -0.39 is 36.7 Å². The monoisotopic (exact) mass is 493 g/mol. The standard InChI is InChI=1S/C23H31N3O9/c1-25(2)16-6-7-18-15(10-23(32)35-19(18)11-16)9-20(27)24-8-4-3-5-17(14-34-33)26(12-21(28)29)13-22(30)31/h6-7,10-11,17,33H,3-5,8-9,12-14H2,1-2H3,(H,24,27)(H,28,29)(H,30,31). The first-order chi connectivity index (χ1) is 16.6. The molecule has 1 unspecified atom stereocenters. The number of carboxylic acids is 2. The number of nitrogens with zero attached hydrogens (tertiary/aromatic N) is 2. The maximum Gasteiger partial charge on any atom is 0.336 e. The molecule has 2 aromatic rings. The van der Waals surface area contributed by atoms with E-state index in [1.165, 1.54) is 11.0 Å². The summed E-state index contributed by atoms with van der Waals surface area (Å²) in [7, 11) is 3.73. The number of carbonyl (C=O) groups excluding carboxylic acids is 1. The Kier molecular flexibility index (Phi) is 10.6. The molecule has 1 atom stereocenters. The molecule has 12 nitrogen and oxygen atoms in total. The number of carboxylic acid groups (broad SMARTS) is 2. The zero-order valence-corrected chi connectivity index (χ0v) is 19.7. The van der Waals surface area contributed by atoms with Gasteiger partial charge in [-0.2, -0.15) is 0 Å². The van der Waals surface area contributed by atoms with Crippen molar-refractivity contribution in [1.29, 1.82) is 0 Å². The summed E-state index contributed by atoms with van der Waals surface area (Å²) in [6.45, 7) is -0.933. The predicted molar refractivity (Wildman–Crippen MR) is 127 cm³/mol. The van der Waals surface area contributed by atoms with Crippen LogP contribution in [-0.2, 0) is 25.7 Å². The van der Waals surface area contributed by atoms with Crippen LogP contribution in [0.15, 0.2) is 33.5 Å². The van der Waals surface area contributed by atoms with Crippen LogP contribution < -0.4 is 15.8 Å². The van der Waals surface area contributed by atoms with Crippen LogP contribution in [0.25, 0.3) is 11.0 Å². The first kappa shape index (κ1) is 27.8. The van der Waals surface area contributed by atoms with Crippen LogP contribution in [0.5, 0.6) is 0 Å². The Morgan fingerprint density at radius 2 is 1.77 bits per heavy atom. The average Bonchev–Trinajstić information content (AvgIpc) is 2.76. The predicted octanol–water partition coefficient (Wildman–Crippen LogP) is 1.02. The number of anilines is 1. The van der Waals surface area contributed by atoms with Crippen LogP contribution in [-0.4, -0.2) is 84.6 Å². The largest absolute Gasteiger partial charge is 0.480 e. The fourth-order valence-corrected chi connectivity index (χ4v) is 3.73. The van der Waals surface area contributed by atoms with E-state index in [1.807, 2.05) is 25.1 Å². The molecule has 0 saturated heterocycles. The summed E-state index contributed by atoms with van der Waals surface area (Å²) < 4.78 is 5.28. The maximum absolute atomic E-state index is 12.4. The maximum atomic E-state index is 12.4. The van der Waals surface area contributed by atoms with Gasteiger partial charge in [-0.1, -0.05) is 6.42 Å². The van der Waals surface area contributed by atoms with Crippen molar-refractivity contribution in [3.8, 4) is 0 Å². The third-order valence-corrected chi connectivity index (χ3v) is 5.43. The van der Waals surface area contributed by atoms with E-state index in [0.29, 0.717) is 42.3 Å². The number of unbranched alkanes of at least 4 members (excludes halogenated alkanes) is 1. The van der Waals surface area contributed by atoms with Crippen molar-refractivity contribution < 1.29 is 39.2 Å². The highest BCUT2D eigenvalue weighted by molar-refractivity contribution is 5.88. The minimum Gasteiger partial charge on any atom is -0.480 e. The highest BCUT2D eigenvalue weighted by Gasteiger charge is 2.23. The van der Waals surface area contributed by atoms with Crippen LogP contribution >= 0.6 is 0 Å². The molecule has 192 valence electrons. The van der Waals surface area contributed by atoms with Crippen LogP contribution in [0.1, 0.15) is 24.8 Å². The molecule has 0 radical (unpaired) electrons. The molecule has 0 spiro atoms. The summed E-state index contributed by atoms with van der Waals surface area (Å²) in [6.07, 6.45) is 1.41. The van der Waals surface area contributed by atoms with Crippen LogP contribution in [0.3, 0.4) is 0 Å². The molecule has 1 heterocycles. The summed E-state index contributed by atoms with van der Waals surface area (Å²) in [6, 6.07) is 6.09. The molecule has 0 aliphatic heterocycles. The Bertz CT molecular complexity index is 1070. The lowest BCUT2D eigenvalue weighted by atomic mass is 10.1. The molecule has 0 saturated carbocycles. The molecule has 0 fully saturated rings. The normalized spacial score (nSPS) is 12.0. The van der Waals surface area contributed by atoms with Crippen molar-refractivity contribution >= 4 is 34.5 Å². The van der Waals surface area contributed by atoms with Crippen LogP contribution in [0.2, 0.25) is 0 Å². The number of benzene rings is 1. The van der Waals surface area contributed by atoms with Gasteiger partial charge in [0.25, 0.3) is 0 Å². The van der Waals surface area contributed by atoms with Crippen molar-refractivity contribution in [2.24, 2.45) is 0 Å². The zero-order valence-electron chi connectivity index (χ0n) is 19.7. The number of nitrogens with one attached hydrogen (secondary N) is 1. The number of amides is 1. The highest BCUT2D eigenvalue weighted by atomic mass is 17.1. The Hall–Kier alpha value is -3.48. The molecule has 1 aromatic heterocycles. The van der Waals surface area contributed by atoms with Crippen molar-refractivity contribution in [3.63, 3.8) is 0 Å². The molecule has 35 heavy (non-hydrogen) atoms. The number of fused-ring (bicyclic) bond motifs is 1. The summed E-state index contributed by atoms with van der Waals surface area (Å²) in [5.41, 5.74) is 1.27. The molecule has 1 amide bonds. The minimum absolute atomic E-state index is 0.00457. The molecule has 12 heteroatoms. The van der Waals surface area contributed by atoms with Crippen molar-refractivity contribution in [2.45, 2.75) is 31.7 Å². The van der Waals surface area contributed by atoms with Gasteiger partial charge in [0.05, 0.1) is 26.1 Å². The molecule has 0 bridgehead atoms. The van der Waals surface area contributed by atoms with Gasteiger partial charge in [0.15, 0.2) is 0 Å². The second-order valence-electron chi connectivity index (χ2n) is 8.33. The van der Waals surface area contributed by atoms with Gasteiger partial charge in [0.2, 0.25) is 5.91 Å². The van der Waals surface area contributed by atoms with Crippen molar-refractivity contribution in [2.75, 3.05) is 45.2 Å². The summed E-state index contributed by atoms with van der Waals surface area (Å²) >= 11 is 0. The Morgan fingerprint density at radius 1 is 1.09 bits per heavy atom. The van der Waals surface area contributed by atoms with E-state index >= 15 is 0 Å². The third-order valence-electron chi connectivity index (χ3n) is 5.43. The van der Waals surface area contributed by atoms with Gasteiger partial charge < -0.3 is 24.8 Å². The van der Waals surface area contributed by atoms with Gasteiger partial charge in [-0.3, -0.25) is 24.5 Å². The first-order valence-electron chi connectivity index (χ1n) is 11.1. The van der Waals surface area contributed by atoms with E-state index in [2.05, 4.69) is 10.2 Å². The molecular formula is C23H31N3O9. The lowest BCUT2D eigenvalue weighted by Crippen LogP contribution is -2.44. The second-order valence-corrected chi connectivity index (χ2v) is 8.33. The van der Waals surface area contributed by atoms with Crippen molar-refractivity contribution in [3.05, 3.63) is 40.2 Å². The molecule has 2 rings (SSSR count). The fraction of sp³-hybridized carbons (Fsp3) is 0.478. The van der Waals surface area contributed by atoms with Gasteiger partial charge in [-0.05, 0) is 30.5 Å². The summed E-state index contributed by atoms with van der Waals surface area (Å²) in [5.74, 6) is -2.66. The third kappa shape index (κ3) is 9.00. The zero-order chi connectivity index (χ0) is 26.0. The van der Waals surface area contributed by atoms with E-state index in [-0.39, 0.29) is 18.9 Å². The second kappa shape index (κ2) is 13.4. The van der Waals surface area contributed by atoms with E-state index in [9.17, 15) is 19.2 Å². The Morgan fingerprint density at radius 3 is 2.37 bits per heavy atom. The number of hydrogen-bond acceptors (Lipinski definition) is 9. The average molecular weight is 494 g/mol. The fourth-order valence-electron chi connectivity index (χ4n) is 3.73. The lowest BCUT2D eigenvalue weighted by molar-refractivity contribution is -0.252. The van der Waals surface area contributed by atoms with E-state index in [4.69, 9.17) is 19.9 Å². The number of aliphatic carboxylic acids is 2. The number of hydrogen-bond donors (Lipinski definition) is 4. The number of rotatable bonds is 15. The molecule has 0 aliphatic rings. The molecule has 4 N–H and O–H groups in total. The van der Waals surface area contributed by atoms with Gasteiger partial charge >= 0.3 is 17.6 Å².